The van der Waals surface area contributed by atoms with Crippen molar-refractivity contribution in [1.29, 1.82) is 0 Å². The van der Waals surface area contributed by atoms with E-state index < -0.39 is 0 Å². The van der Waals surface area contributed by atoms with E-state index in [1.165, 1.54) is 11.1 Å². The summed E-state index contributed by atoms with van der Waals surface area (Å²) < 4.78 is 0.860. The van der Waals surface area contributed by atoms with Crippen molar-refractivity contribution in [3.05, 3.63) is 58.3 Å². The average Bonchev–Trinajstić information content (AvgIpc) is 2.47. The van der Waals surface area contributed by atoms with Crippen molar-refractivity contribution in [3.63, 3.8) is 0 Å². The summed E-state index contributed by atoms with van der Waals surface area (Å²) >= 11 is 3.35. The van der Waals surface area contributed by atoms with Crippen LogP contribution in [0.1, 0.15) is 37.4 Å². The van der Waals surface area contributed by atoms with Gasteiger partial charge in [0.15, 0.2) is 0 Å². The molecule has 2 aromatic rings. The highest BCUT2D eigenvalue weighted by atomic mass is 79.9. The van der Waals surface area contributed by atoms with Crippen molar-refractivity contribution in [2.45, 2.75) is 32.7 Å². The second-order valence-corrected chi connectivity index (χ2v) is 5.38. The predicted molar refractivity (Wildman–Crippen MR) is 84.4 cm³/mol. The highest BCUT2D eigenvalue weighted by Gasteiger charge is 2.09. The Bertz CT molecular complexity index is 505. The van der Waals surface area contributed by atoms with E-state index in [9.17, 15) is 0 Å². The third kappa shape index (κ3) is 3.80. The Hall–Kier alpha value is -1.35. The molecule has 19 heavy (non-hydrogen) atoms. The molecule has 0 aliphatic carbocycles. The summed E-state index contributed by atoms with van der Waals surface area (Å²) in [5.74, 6) is 0. The predicted octanol–water partition coefficient (Wildman–Crippen LogP) is 4.97. The lowest BCUT2D eigenvalue weighted by Crippen LogP contribution is -2.09. The molecule has 2 nitrogen and oxygen atoms in total. The van der Waals surface area contributed by atoms with E-state index in [0.29, 0.717) is 6.04 Å². The number of halogens is 1. The topological polar surface area (TPSA) is 24.9 Å². The van der Waals surface area contributed by atoms with E-state index >= 15 is 0 Å². The first kappa shape index (κ1) is 14.1. The number of hydrogen-bond acceptors (Lipinski definition) is 2. The first-order valence-electron chi connectivity index (χ1n) is 6.69. The highest BCUT2D eigenvalue weighted by Crippen LogP contribution is 2.23. The number of aromatic nitrogens is 1. The zero-order chi connectivity index (χ0) is 13.7. The monoisotopic (exact) mass is 318 g/mol. The summed E-state index contributed by atoms with van der Waals surface area (Å²) in [5.41, 5.74) is 3.75. The molecule has 0 spiro atoms. The normalized spacial score (nSPS) is 12.2. The van der Waals surface area contributed by atoms with Gasteiger partial charge in [-0.1, -0.05) is 38.1 Å². The van der Waals surface area contributed by atoms with Gasteiger partial charge in [0.05, 0.1) is 17.9 Å². The number of aryl methyl sites for hydroxylation is 1. The van der Waals surface area contributed by atoms with Crippen LogP contribution in [-0.2, 0) is 6.42 Å². The van der Waals surface area contributed by atoms with Crippen molar-refractivity contribution in [3.8, 4) is 0 Å². The summed E-state index contributed by atoms with van der Waals surface area (Å²) in [6, 6.07) is 13.2. The van der Waals surface area contributed by atoms with Gasteiger partial charge in [-0.15, -0.1) is 0 Å². The first-order valence-corrected chi connectivity index (χ1v) is 7.49. The second kappa shape index (κ2) is 6.71. The molecule has 0 amide bonds. The van der Waals surface area contributed by atoms with Gasteiger partial charge in [-0.3, -0.25) is 0 Å². The Morgan fingerprint density at radius 2 is 1.84 bits per heavy atom. The fraction of sp³-hybridized carbons (Fsp3) is 0.312. The smallest absolute Gasteiger partial charge is 0.106 e. The minimum absolute atomic E-state index is 0.328. The van der Waals surface area contributed by atoms with Crippen molar-refractivity contribution in [2.75, 3.05) is 5.32 Å². The number of hydrogen-bond donors (Lipinski definition) is 1. The lowest BCUT2D eigenvalue weighted by Gasteiger charge is -2.19. The van der Waals surface area contributed by atoms with Crippen LogP contribution in [-0.4, -0.2) is 4.98 Å². The van der Waals surface area contributed by atoms with Crippen LogP contribution in [0.25, 0.3) is 0 Å². The highest BCUT2D eigenvalue weighted by molar-refractivity contribution is 9.10. The third-order valence-corrected chi connectivity index (χ3v) is 3.74. The van der Waals surface area contributed by atoms with Gasteiger partial charge in [0.1, 0.15) is 4.60 Å². The Balaban J connectivity index is 2.12. The molecule has 1 aromatic heterocycles. The van der Waals surface area contributed by atoms with Gasteiger partial charge in [-0.05, 0) is 52.0 Å². The Morgan fingerprint density at radius 3 is 2.37 bits per heavy atom. The maximum atomic E-state index is 4.24. The van der Waals surface area contributed by atoms with E-state index in [0.717, 1.165) is 23.1 Å². The van der Waals surface area contributed by atoms with Crippen LogP contribution in [0.2, 0.25) is 0 Å². The van der Waals surface area contributed by atoms with Crippen molar-refractivity contribution in [2.24, 2.45) is 0 Å². The summed E-state index contributed by atoms with van der Waals surface area (Å²) in [6.07, 6.45) is 3.98. The molecule has 1 atom stereocenters. The molecule has 1 aromatic carbocycles. The minimum Gasteiger partial charge on any atom is -0.377 e. The van der Waals surface area contributed by atoms with Crippen LogP contribution in [0.3, 0.4) is 0 Å². The molecule has 1 unspecified atom stereocenters. The van der Waals surface area contributed by atoms with Gasteiger partial charge in [0.25, 0.3) is 0 Å². The van der Waals surface area contributed by atoms with Crippen LogP contribution in [0.4, 0.5) is 5.69 Å². The molecule has 1 heterocycles. The number of benzene rings is 1. The molecule has 0 aliphatic heterocycles. The van der Waals surface area contributed by atoms with Crippen LogP contribution in [0.5, 0.6) is 0 Å². The molecule has 0 saturated carbocycles. The molecule has 1 N–H and O–H groups in total. The Labute approximate surface area is 123 Å². The van der Waals surface area contributed by atoms with Crippen LogP contribution in [0, 0.1) is 0 Å². The molecule has 100 valence electrons. The number of pyridine rings is 1. The maximum Gasteiger partial charge on any atom is 0.106 e. The van der Waals surface area contributed by atoms with Crippen LogP contribution >= 0.6 is 15.9 Å². The third-order valence-electron chi connectivity index (χ3n) is 3.27. The van der Waals surface area contributed by atoms with E-state index in [1.807, 2.05) is 18.3 Å². The molecule has 0 saturated heterocycles. The number of rotatable bonds is 5. The lowest BCUT2D eigenvalue weighted by molar-refractivity contribution is 0.748. The SMILES string of the molecule is CCc1ccc(C(CC)Nc2ccc(Br)nc2)cc1. The quantitative estimate of drug-likeness (QED) is 0.787. The Kier molecular flexibility index (Phi) is 4.97. The van der Waals surface area contributed by atoms with Gasteiger partial charge in [-0.2, -0.15) is 0 Å². The fourth-order valence-electron chi connectivity index (χ4n) is 2.07. The molecule has 0 bridgehead atoms. The van der Waals surface area contributed by atoms with Crippen LogP contribution in [0.15, 0.2) is 47.2 Å². The summed E-state index contributed by atoms with van der Waals surface area (Å²) in [7, 11) is 0. The van der Waals surface area contributed by atoms with Crippen LogP contribution < -0.4 is 5.32 Å². The van der Waals surface area contributed by atoms with Gasteiger partial charge in [-0.25, -0.2) is 4.98 Å². The first-order chi connectivity index (χ1) is 9.22. The van der Waals surface area contributed by atoms with Gasteiger partial charge in [0.2, 0.25) is 0 Å². The van der Waals surface area contributed by atoms with Gasteiger partial charge >= 0.3 is 0 Å². The molecular weight excluding hydrogens is 300 g/mol. The van der Waals surface area contributed by atoms with Crippen molar-refractivity contribution < 1.29 is 0 Å². The molecule has 3 heteroatoms. The van der Waals surface area contributed by atoms with Crippen molar-refractivity contribution in [1.82, 2.24) is 4.98 Å². The zero-order valence-corrected chi connectivity index (χ0v) is 12.9. The van der Waals surface area contributed by atoms with E-state index in [-0.39, 0.29) is 0 Å². The zero-order valence-electron chi connectivity index (χ0n) is 11.4. The number of anilines is 1. The molecule has 0 radical (unpaired) electrons. The molecule has 0 aliphatic rings. The molecule has 2 rings (SSSR count). The minimum atomic E-state index is 0.328. The number of nitrogens with one attached hydrogen (secondary N) is 1. The number of nitrogens with zero attached hydrogens (tertiary/aromatic N) is 1. The average molecular weight is 319 g/mol. The van der Waals surface area contributed by atoms with E-state index in [4.69, 9.17) is 0 Å². The van der Waals surface area contributed by atoms with Gasteiger partial charge in [0, 0.05) is 0 Å². The van der Waals surface area contributed by atoms with Gasteiger partial charge < -0.3 is 5.32 Å². The molecular formula is C16H19BrN2. The van der Waals surface area contributed by atoms with E-state index in [1.54, 1.807) is 0 Å². The summed E-state index contributed by atoms with van der Waals surface area (Å²) in [6.45, 7) is 4.37. The fourth-order valence-corrected chi connectivity index (χ4v) is 2.30. The van der Waals surface area contributed by atoms with Crippen molar-refractivity contribution >= 4 is 21.6 Å². The molecule has 0 fully saturated rings. The maximum absolute atomic E-state index is 4.24. The largest absolute Gasteiger partial charge is 0.377 e. The Morgan fingerprint density at radius 1 is 1.11 bits per heavy atom. The summed E-state index contributed by atoms with van der Waals surface area (Å²) in [4.78, 5) is 4.24. The van der Waals surface area contributed by atoms with E-state index in [2.05, 4.69) is 64.3 Å². The standard InChI is InChI=1S/C16H19BrN2/c1-3-12-5-7-13(8-6-12)15(4-2)19-14-9-10-16(17)18-11-14/h5-11,15,19H,3-4H2,1-2H3. The summed E-state index contributed by atoms with van der Waals surface area (Å²) in [5, 5.41) is 3.53. The lowest BCUT2D eigenvalue weighted by atomic mass is 10.0. The second-order valence-electron chi connectivity index (χ2n) is 4.57.